The van der Waals surface area contributed by atoms with Crippen molar-refractivity contribution in [2.75, 3.05) is 38.6 Å². The summed E-state index contributed by atoms with van der Waals surface area (Å²) in [4.78, 5) is 9.20. The number of benzene rings is 1. The van der Waals surface area contributed by atoms with Crippen LogP contribution >= 0.6 is 0 Å². The smallest absolute Gasteiger partial charge is 0.194 e. The van der Waals surface area contributed by atoms with Gasteiger partial charge in [-0.25, -0.2) is 0 Å². The molecular formula is C23H33N7O. The summed E-state index contributed by atoms with van der Waals surface area (Å²) in [5.41, 5.74) is 1.22. The molecule has 2 aromatic heterocycles. The molecule has 8 heteroatoms. The van der Waals surface area contributed by atoms with Crippen molar-refractivity contribution < 1.29 is 4.42 Å². The lowest BCUT2D eigenvalue weighted by molar-refractivity contribution is 0.398. The molecule has 0 aliphatic rings. The minimum Gasteiger partial charge on any atom is -0.467 e. The van der Waals surface area contributed by atoms with Gasteiger partial charge in [0.25, 0.3) is 0 Å². The quantitative estimate of drug-likeness (QED) is 0.290. The van der Waals surface area contributed by atoms with Crippen LogP contribution in [0.15, 0.2) is 64.5 Å². The fourth-order valence-corrected chi connectivity index (χ4v) is 3.35. The van der Waals surface area contributed by atoms with E-state index in [4.69, 9.17) is 9.41 Å². The highest BCUT2D eigenvalue weighted by Gasteiger charge is 2.10. The molecule has 31 heavy (non-hydrogen) atoms. The van der Waals surface area contributed by atoms with E-state index in [1.54, 1.807) is 12.6 Å². The number of furan rings is 1. The molecule has 0 aliphatic carbocycles. The van der Waals surface area contributed by atoms with Crippen LogP contribution in [0.4, 0.5) is 5.69 Å². The number of anilines is 1. The van der Waals surface area contributed by atoms with Crippen LogP contribution in [0.5, 0.6) is 0 Å². The molecule has 0 bridgehead atoms. The van der Waals surface area contributed by atoms with Crippen LogP contribution in [0.1, 0.15) is 24.9 Å². The molecule has 0 atom stereocenters. The van der Waals surface area contributed by atoms with Crippen LogP contribution in [0.3, 0.4) is 0 Å². The third-order valence-corrected chi connectivity index (χ3v) is 5.09. The zero-order valence-electron chi connectivity index (χ0n) is 18.7. The highest BCUT2D eigenvalue weighted by molar-refractivity contribution is 5.79. The third kappa shape index (κ3) is 6.87. The van der Waals surface area contributed by atoms with Gasteiger partial charge < -0.3 is 24.1 Å². The summed E-state index contributed by atoms with van der Waals surface area (Å²) in [7, 11) is 4.15. The van der Waals surface area contributed by atoms with Crippen molar-refractivity contribution in [1.82, 2.24) is 25.0 Å². The zero-order chi connectivity index (χ0) is 21.9. The second kappa shape index (κ2) is 11.8. The first kappa shape index (κ1) is 22.4. The third-order valence-electron chi connectivity index (χ3n) is 5.09. The summed E-state index contributed by atoms with van der Waals surface area (Å²) in [6.07, 6.45) is 5.32. The number of aromatic nitrogens is 3. The summed E-state index contributed by atoms with van der Waals surface area (Å²) in [6, 6.07) is 14.3. The molecule has 0 radical (unpaired) electrons. The van der Waals surface area contributed by atoms with Crippen molar-refractivity contribution in [3.63, 3.8) is 0 Å². The lowest BCUT2D eigenvalue weighted by Crippen LogP contribution is -2.40. The molecule has 8 nitrogen and oxygen atoms in total. The highest BCUT2D eigenvalue weighted by atomic mass is 16.3. The van der Waals surface area contributed by atoms with E-state index in [0.29, 0.717) is 6.54 Å². The number of guanidine groups is 1. The Morgan fingerprint density at radius 1 is 1.16 bits per heavy atom. The molecule has 0 fully saturated rings. The normalized spacial score (nSPS) is 11.5. The molecule has 3 rings (SSSR count). The number of nitrogens with zero attached hydrogens (tertiary/aromatic N) is 6. The molecule has 0 spiro atoms. The number of nitrogens with one attached hydrogen (secondary N) is 1. The lowest BCUT2D eigenvalue weighted by Gasteiger charge is -2.22. The maximum atomic E-state index is 5.50. The van der Waals surface area contributed by atoms with E-state index in [9.17, 15) is 0 Å². The SMILES string of the molecule is CCc1nncn1CCNC(=NCCCN(C)c1ccccc1)N(C)Cc1ccco1. The van der Waals surface area contributed by atoms with Gasteiger partial charge in [0, 0.05) is 52.4 Å². The zero-order valence-corrected chi connectivity index (χ0v) is 18.7. The number of aryl methyl sites for hydroxylation is 1. The van der Waals surface area contributed by atoms with E-state index in [1.165, 1.54) is 5.69 Å². The minimum absolute atomic E-state index is 0.662. The second-order valence-electron chi connectivity index (χ2n) is 7.47. The summed E-state index contributed by atoms with van der Waals surface area (Å²) < 4.78 is 7.58. The standard InChI is InChI=1S/C23H33N7O/c1-4-22-27-26-19-30(22)16-14-25-23(29(3)18-21-12-8-17-31-21)24-13-9-15-28(2)20-10-6-5-7-11-20/h5-8,10-12,17,19H,4,9,13-16,18H2,1-3H3,(H,24,25). The number of hydrogen-bond acceptors (Lipinski definition) is 5. The molecule has 0 saturated carbocycles. The van der Waals surface area contributed by atoms with Gasteiger partial charge in [0.05, 0.1) is 12.8 Å². The first-order chi connectivity index (χ1) is 15.2. The fourth-order valence-electron chi connectivity index (χ4n) is 3.35. The molecule has 1 aromatic carbocycles. The predicted molar refractivity (Wildman–Crippen MR) is 124 cm³/mol. The van der Waals surface area contributed by atoms with Gasteiger partial charge in [0.15, 0.2) is 5.96 Å². The minimum atomic E-state index is 0.662. The van der Waals surface area contributed by atoms with E-state index in [-0.39, 0.29) is 0 Å². The molecule has 166 valence electrons. The van der Waals surface area contributed by atoms with Crippen LogP contribution in [0.25, 0.3) is 0 Å². The van der Waals surface area contributed by atoms with Crippen molar-refractivity contribution in [2.45, 2.75) is 32.9 Å². The van der Waals surface area contributed by atoms with Crippen LogP contribution in [0.2, 0.25) is 0 Å². The average Bonchev–Trinajstić information content (AvgIpc) is 3.47. The Kier molecular flexibility index (Phi) is 8.51. The van der Waals surface area contributed by atoms with Crippen LogP contribution in [-0.4, -0.2) is 59.4 Å². The van der Waals surface area contributed by atoms with Gasteiger partial charge in [-0.1, -0.05) is 25.1 Å². The molecule has 1 N–H and O–H groups in total. The second-order valence-corrected chi connectivity index (χ2v) is 7.47. The molecule has 0 amide bonds. The Labute approximate surface area is 184 Å². The predicted octanol–water partition coefficient (Wildman–Crippen LogP) is 3.04. The van der Waals surface area contributed by atoms with E-state index in [0.717, 1.165) is 56.6 Å². The van der Waals surface area contributed by atoms with E-state index in [1.807, 2.05) is 25.2 Å². The van der Waals surface area contributed by atoms with Gasteiger partial charge in [-0.15, -0.1) is 10.2 Å². The first-order valence-electron chi connectivity index (χ1n) is 10.8. The number of hydrogen-bond donors (Lipinski definition) is 1. The number of rotatable bonds is 11. The summed E-state index contributed by atoms with van der Waals surface area (Å²) in [5, 5.41) is 11.6. The molecule has 0 saturated heterocycles. The number of para-hydroxylation sites is 1. The van der Waals surface area contributed by atoms with Gasteiger partial charge in [0.1, 0.15) is 17.9 Å². The van der Waals surface area contributed by atoms with E-state index in [2.05, 4.69) is 68.1 Å². The topological polar surface area (TPSA) is 74.7 Å². The summed E-state index contributed by atoms with van der Waals surface area (Å²) >= 11 is 0. The Balaban J connectivity index is 1.54. The van der Waals surface area contributed by atoms with Crippen molar-refractivity contribution >= 4 is 11.6 Å². The van der Waals surface area contributed by atoms with Crippen LogP contribution in [-0.2, 0) is 19.5 Å². The van der Waals surface area contributed by atoms with Gasteiger partial charge >= 0.3 is 0 Å². The maximum absolute atomic E-state index is 5.50. The Morgan fingerprint density at radius 2 is 2.00 bits per heavy atom. The lowest BCUT2D eigenvalue weighted by atomic mass is 10.3. The largest absolute Gasteiger partial charge is 0.467 e. The summed E-state index contributed by atoms with van der Waals surface area (Å²) in [5.74, 6) is 2.77. The summed E-state index contributed by atoms with van der Waals surface area (Å²) in [6.45, 7) is 5.98. The van der Waals surface area contributed by atoms with Crippen molar-refractivity contribution in [3.8, 4) is 0 Å². The van der Waals surface area contributed by atoms with E-state index < -0.39 is 0 Å². The van der Waals surface area contributed by atoms with Gasteiger partial charge in [-0.3, -0.25) is 4.99 Å². The number of aliphatic imine (C=N–C) groups is 1. The monoisotopic (exact) mass is 423 g/mol. The Morgan fingerprint density at radius 3 is 2.74 bits per heavy atom. The van der Waals surface area contributed by atoms with Gasteiger partial charge in [0.2, 0.25) is 0 Å². The Hall–Kier alpha value is -3.29. The maximum Gasteiger partial charge on any atom is 0.194 e. The first-order valence-corrected chi connectivity index (χ1v) is 10.8. The van der Waals surface area contributed by atoms with Crippen molar-refractivity contribution in [3.05, 3.63) is 66.6 Å². The Bertz CT molecular complexity index is 905. The molecule has 0 aliphatic heterocycles. The van der Waals surface area contributed by atoms with Crippen LogP contribution < -0.4 is 10.2 Å². The molecule has 3 aromatic rings. The van der Waals surface area contributed by atoms with Crippen molar-refractivity contribution in [1.29, 1.82) is 0 Å². The highest BCUT2D eigenvalue weighted by Crippen LogP contribution is 2.11. The van der Waals surface area contributed by atoms with E-state index >= 15 is 0 Å². The fraction of sp³-hybridized carbons (Fsp3) is 0.435. The molecule has 2 heterocycles. The molecular weight excluding hydrogens is 390 g/mol. The van der Waals surface area contributed by atoms with Gasteiger partial charge in [-0.2, -0.15) is 0 Å². The molecule has 0 unspecified atom stereocenters. The van der Waals surface area contributed by atoms with Crippen LogP contribution in [0, 0.1) is 0 Å². The van der Waals surface area contributed by atoms with Crippen molar-refractivity contribution in [2.24, 2.45) is 4.99 Å². The average molecular weight is 424 g/mol. The van der Waals surface area contributed by atoms with Gasteiger partial charge in [-0.05, 0) is 30.7 Å².